The Labute approximate surface area is 139 Å². The molecule has 3 heterocycles. The number of amides is 1. The summed E-state index contributed by atoms with van der Waals surface area (Å²) in [6.07, 6.45) is 2.23. The highest BCUT2D eigenvalue weighted by molar-refractivity contribution is 5.78. The molecule has 1 saturated heterocycles. The highest BCUT2D eigenvalue weighted by Gasteiger charge is 2.29. The molecule has 0 saturated carbocycles. The van der Waals surface area contributed by atoms with E-state index in [1.165, 1.54) is 0 Å². The van der Waals surface area contributed by atoms with E-state index in [1.54, 1.807) is 13.1 Å². The van der Waals surface area contributed by atoms with E-state index in [-0.39, 0.29) is 24.5 Å². The fourth-order valence-electron chi connectivity index (χ4n) is 2.51. The molecule has 1 fully saturated rings. The number of ether oxygens (including phenoxy) is 2. The van der Waals surface area contributed by atoms with Crippen LogP contribution in [0.5, 0.6) is 5.75 Å². The minimum atomic E-state index is -0.260. The minimum absolute atomic E-state index is 0.130. The van der Waals surface area contributed by atoms with Crippen molar-refractivity contribution >= 4 is 5.91 Å². The average Bonchev–Trinajstić information content (AvgIpc) is 2.96. The molecule has 1 aliphatic rings. The number of carbonyl (C=O) groups excluding carboxylic acids is 1. The van der Waals surface area contributed by atoms with Crippen molar-refractivity contribution in [1.82, 2.24) is 20.6 Å². The number of rotatable bonds is 5. The van der Waals surface area contributed by atoms with Gasteiger partial charge in [0.25, 0.3) is 0 Å². The SMILES string of the molecule is Cc1ccc(O[C@H]2COCC[C@H]2NC(=O)Cc2nonc2C)cn1. The molecule has 8 heteroatoms. The van der Waals surface area contributed by atoms with Crippen LogP contribution in [0.2, 0.25) is 0 Å². The van der Waals surface area contributed by atoms with Gasteiger partial charge in [-0.15, -0.1) is 0 Å². The second-order valence-corrected chi connectivity index (χ2v) is 5.80. The molecule has 1 N–H and O–H groups in total. The van der Waals surface area contributed by atoms with Crippen LogP contribution in [0, 0.1) is 13.8 Å². The van der Waals surface area contributed by atoms with Crippen molar-refractivity contribution in [1.29, 1.82) is 0 Å². The standard InChI is InChI=1S/C16H20N4O4/c1-10-3-4-12(8-17-10)23-15-9-22-6-5-13(15)18-16(21)7-14-11(2)19-24-20-14/h3-4,8,13,15H,5-7,9H2,1-2H3,(H,18,21)/t13-,15+/m1/s1. The van der Waals surface area contributed by atoms with Crippen molar-refractivity contribution in [3.05, 3.63) is 35.4 Å². The van der Waals surface area contributed by atoms with E-state index in [0.717, 1.165) is 5.69 Å². The van der Waals surface area contributed by atoms with Gasteiger partial charge in [0.2, 0.25) is 5.91 Å². The smallest absolute Gasteiger partial charge is 0.226 e. The molecular formula is C16H20N4O4. The van der Waals surface area contributed by atoms with Crippen LogP contribution in [-0.2, 0) is 16.0 Å². The van der Waals surface area contributed by atoms with E-state index in [1.807, 2.05) is 19.1 Å². The van der Waals surface area contributed by atoms with Crippen LogP contribution in [0.1, 0.15) is 23.5 Å². The molecule has 1 aliphatic heterocycles. The summed E-state index contributed by atoms with van der Waals surface area (Å²) in [7, 11) is 0. The Balaban J connectivity index is 1.60. The first kappa shape index (κ1) is 16.4. The maximum atomic E-state index is 12.2. The summed E-state index contributed by atoms with van der Waals surface area (Å²) in [6.45, 7) is 4.67. The molecule has 128 valence electrons. The zero-order valence-electron chi connectivity index (χ0n) is 13.7. The van der Waals surface area contributed by atoms with Crippen LogP contribution in [-0.4, -0.2) is 46.6 Å². The van der Waals surface area contributed by atoms with Gasteiger partial charge < -0.3 is 14.8 Å². The van der Waals surface area contributed by atoms with Crippen molar-refractivity contribution in [2.45, 2.75) is 38.8 Å². The molecule has 24 heavy (non-hydrogen) atoms. The molecule has 2 aromatic heterocycles. The highest BCUT2D eigenvalue weighted by atomic mass is 16.6. The lowest BCUT2D eigenvalue weighted by molar-refractivity contribution is -0.123. The minimum Gasteiger partial charge on any atom is -0.484 e. The van der Waals surface area contributed by atoms with Gasteiger partial charge in [0, 0.05) is 12.3 Å². The number of aromatic nitrogens is 3. The molecule has 0 aliphatic carbocycles. The molecule has 0 unspecified atom stereocenters. The second kappa shape index (κ2) is 7.39. The normalized spacial score (nSPS) is 20.6. The summed E-state index contributed by atoms with van der Waals surface area (Å²) >= 11 is 0. The maximum absolute atomic E-state index is 12.2. The summed E-state index contributed by atoms with van der Waals surface area (Å²) in [4.78, 5) is 16.5. The largest absolute Gasteiger partial charge is 0.484 e. The number of nitrogens with zero attached hydrogens (tertiary/aromatic N) is 3. The van der Waals surface area contributed by atoms with Gasteiger partial charge in [0.1, 0.15) is 23.2 Å². The van der Waals surface area contributed by atoms with Crippen LogP contribution < -0.4 is 10.1 Å². The Morgan fingerprint density at radius 2 is 2.25 bits per heavy atom. The first-order valence-electron chi connectivity index (χ1n) is 7.86. The van der Waals surface area contributed by atoms with Crippen LogP contribution in [0.25, 0.3) is 0 Å². The topological polar surface area (TPSA) is 99.4 Å². The van der Waals surface area contributed by atoms with Crippen LogP contribution in [0.15, 0.2) is 23.0 Å². The van der Waals surface area contributed by atoms with E-state index < -0.39 is 0 Å². The molecule has 3 rings (SSSR count). The van der Waals surface area contributed by atoms with Crippen LogP contribution in [0.4, 0.5) is 0 Å². The molecular weight excluding hydrogens is 312 g/mol. The Morgan fingerprint density at radius 1 is 1.38 bits per heavy atom. The summed E-state index contributed by atoms with van der Waals surface area (Å²) in [5.41, 5.74) is 2.08. The number of carbonyl (C=O) groups is 1. The zero-order valence-corrected chi connectivity index (χ0v) is 13.7. The number of nitrogens with one attached hydrogen (secondary N) is 1. The Hall–Kier alpha value is -2.48. The molecule has 0 aromatic carbocycles. The lowest BCUT2D eigenvalue weighted by Gasteiger charge is -2.32. The third-order valence-corrected chi connectivity index (χ3v) is 3.90. The molecule has 0 radical (unpaired) electrons. The maximum Gasteiger partial charge on any atom is 0.226 e. The zero-order chi connectivity index (χ0) is 16.9. The molecule has 8 nitrogen and oxygen atoms in total. The van der Waals surface area contributed by atoms with Gasteiger partial charge >= 0.3 is 0 Å². The van der Waals surface area contributed by atoms with Crippen molar-refractivity contribution in [2.75, 3.05) is 13.2 Å². The number of hydrogen-bond donors (Lipinski definition) is 1. The molecule has 2 aromatic rings. The number of hydrogen-bond acceptors (Lipinski definition) is 7. The van der Waals surface area contributed by atoms with Crippen molar-refractivity contribution in [3.63, 3.8) is 0 Å². The van der Waals surface area contributed by atoms with E-state index in [9.17, 15) is 4.79 Å². The number of pyridine rings is 1. The quantitative estimate of drug-likeness (QED) is 0.871. The number of aryl methyl sites for hydroxylation is 2. The van der Waals surface area contributed by atoms with Gasteiger partial charge in [-0.25, -0.2) is 4.63 Å². The third-order valence-electron chi connectivity index (χ3n) is 3.90. The summed E-state index contributed by atoms with van der Waals surface area (Å²) < 4.78 is 16.0. The van der Waals surface area contributed by atoms with E-state index in [4.69, 9.17) is 9.47 Å². The highest BCUT2D eigenvalue weighted by Crippen LogP contribution is 2.17. The van der Waals surface area contributed by atoms with Gasteiger partial charge in [0.05, 0.1) is 25.3 Å². The predicted molar refractivity (Wildman–Crippen MR) is 83.5 cm³/mol. The summed E-state index contributed by atoms with van der Waals surface area (Å²) in [5.74, 6) is 0.517. The lowest BCUT2D eigenvalue weighted by atomic mass is 10.1. The Kier molecular flexibility index (Phi) is 5.05. The second-order valence-electron chi connectivity index (χ2n) is 5.80. The van der Waals surface area contributed by atoms with E-state index >= 15 is 0 Å². The first-order valence-corrected chi connectivity index (χ1v) is 7.86. The van der Waals surface area contributed by atoms with Gasteiger partial charge in [0.15, 0.2) is 0 Å². The first-order chi connectivity index (χ1) is 11.6. The fraction of sp³-hybridized carbons (Fsp3) is 0.500. The van der Waals surface area contributed by atoms with Gasteiger partial charge in [-0.05, 0) is 32.4 Å². The van der Waals surface area contributed by atoms with Crippen LogP contribution >= 0.6 is 0 Å². The fourth-order valence-corrected chi connectivity index (χ4v) is 2.51. The molecule has 2 atom stereocenters. The van der Waals surface area contributed by atoms with Gasteiger partial charge in [-0.1, -0.05) is 10.3 Å². The average molecular weight is 332 g/mol. The van der Waals surface area contributed by atoms with Crippen LogP contribution in [0.3, 0.4) is 0 Å². The summed E-state index contributed by atoms with van der Waals surface area (Å²) in [5, 5.41) is 10.4. The summed E-state index contributed by atoms with van der Waals surface area (Å²) in [6, 6.07) is 3.61. The van der Waals surface area contributed by atoms with Crippen molar-refractivity contribution in [3.8, 4) is 5.75 Å². The Morgan fingerprint density at radius 3 is 2.96 bits per heavy atom. The van der Waals surface area contributed by atoms with E-state index in [0.29, 0.717) is 36.8 Å². The predicted octanol–water partition coefficient (Wildman–Crippen LogP) is 0.977. The van der Waals surface area contributed by atoms with Gasteiger partial charge in [-0.2, -0.15) is 0 Å². The van der Waals surface area contributed by atoms with E-state index in [2.05, 4.69) is 25.2 Å². The van der Waals surface area contributed by atoms with Crippen molar-refractivity contribution in [2.24, 2.45) is 0 Å². The molecule has 1 amide bonds. The Bertz CT molecular complexity index is 686. The monoisotopic (exact) mass is 332 g/mol. The lowest BCUT2D eigenvalue weighted by Crippen LogP contribution is -2.51. The van der Waals surface area contributed by atoms with Gasteiger partial charge in [-0.3, -0.25) is 9.78 Å². The molecule has 0 spiro atoms. The third kappa shape index (κ3) is 4.08. The van der Waals surface area contributed by atoms with Crippen molar-refractivity contribution < 1.29 is 18.9 Å². The molecule has 0 bridgehead atoms.